The summed E-state index contributed by atoms with van der Waals surface area (Å²) in [5.41, 5.74) is -0.0576. The van der Waals surface area contributed by atoms with Crippen LogP contribution in [0, 0.1) is 28.6 Å². The van der Waals surface area contributed by atoms with E-state index in [0.29, 0.717) is 0 Å². The van der Waals surface area contributed by atoms with Gasteiger partial charge in [0.2, 0.25) is 0 Å². The second-order valence-electron chi connectivity index (χ2n) is 7.59. The summed E-state index contributed by atoms with van der Waals surface area (Å²) in [6, 6.07) is 0. The first kappa shape index (κ1) is 11.1. The van der Waals surface area contributed by atoms with Gasteiger partial charge in [-0.3, -0.25) is 0 Å². The van der Waals surface area contributed by atoms with E-state index in [1.54, 1.807) is 0 Å². The number of hydrogen-bond donors (Lipinski definition) is 1. The number of fused-ring (bicyclic) bond motifs is 1. The van der Waals surface area contributed by atoms with Gasteiger partial charge in [0.1, 0.15) is 0 Å². The van der Waals surface area contributed by atoms with Gasteiger partial charge in [0, 0.05) is 0 Å². The van der Waals surface area contributed by atoms with Crippen molar-refractivity contribution in [2.75, 3.05) is 0 Å². The Labute approximate surface area is 99.6 Å². The minimum absolute atomic E-state index is 0.136. The molecule has 4 aliphatic rings. The number of aliphatic hydroxyl groups is 1. The van der Waals surface area contributed by atoms with Crippen molar-refractivity contribution in [1.82, 2.24) is 0 Å². The lowest BCUT2D eigenvalue weighted by Crippen LogP contribution is -2.71. The van der Waals surface area contributed by atoms with E-state index in [-0.39, 0.29) is 10.8 Å². The molecule has 4 rings (SSSR count). The van der Waals surface area contributed by atoms with Crippen LogP contribution in [0.3, 0.4) is 0 Å². The molecule has 4 fully saturated rings. The van der Waals surface area contributed by atoms with E-state index >= 15 is 0 Å². The third-order valence-electron chi connectivity index (χ3n) is 7.05. The van der Waals surface area contributed by atoms with Crippen LogP contribution in [0.15, 0.2) is 0 Å². The van der Waals surface area contributed by atoms with Gasteiger partial charge in [0.05, 0.1) is 5.60 Å². The van der Waals surface area contributed by atoms with E-state index in [1.165, 1.54) is 25.7 Å². The Morgan fingerprint density at radius 3 is 2.44 bits per heavy atom. The molecule has 0 aromatic rings. The van der Waals surface area contributed by atoms with Crippen LogP contribution >= 0.6 is 0 Å². The minimum atomic E-state index is -0.391. The fourth-order valence-corrected chi connectivity index (χ4v) is 5.69. The van der Waals surface area contributed by atoms with Gasteiger partial charge >= 0.3 is 0 Å². The molecule has 4 aliphatic carbocycles. The van der Waals surface area contributed by atoms with Crippen molar-refractivity contribution in [3.63, 3.8) is 0 Å². The summed E-state index contributed by atoms with van der Waals surface area (Å²) in [5.74, 6) is 2.36. The van der Waals surface area contributed by atoms with Gasteiger partial charge < -0.3 is 5.11 Å². The molecule has 4 saturated carbocycles. The highest BCUT2D eigenvalue weighted by molar-refractivity contribution is 5.19. The van der Waals surface area contributed by atoms with Crippen LogP contribution < -0.4 is 0 Å². The Kier molecular flexibility index (Phi) is 1.98. The van der Waals surface area contributed by atoms with Gasteiger partial charge in [-0.2, -0.15) is 0 Å². The number of rotatable bonds is 0. The molecule has 92 valence electrons. The van der Waals surface area contributed by atoms with Crippen molar-refractivity contribution in [1.29, 1.82) is 0 Å². The first-order valence-corrected chi connectivity index (χ1v) is 7.05. The van der Waals surface area contributed by atoms with E-state index in [4.69, 9.17) is 0 Å². The average molecular weight is 222 g/mol. The molecule has 0 radical (unpaired) electrons. The van der Waals surface area contributed by atoms with Gasteiger partial charge in [-0.25, -0.2) is 0 Å². The van der Waals surface area contributed by atoms with Crippen LogP contribution in [-0.2, 0) is 0 Å². The second kappa shape index (κ2) is 2.85. The summed E-state index contributed by atoms with van der Waals surface area (Å²) in [6.07, 6.45) is 6.23. The van der Waals surface area contributed by atoms with Crippen molar-refractivity contribution >= 4 is 0 Å². The fourth-order valence-electron chi connectivity index (χ4n) is 5.69. The van der Waals surface area contributed by atoms with Crippen LogP contribution in [-0.4, -0.2) is 10.7 Å². The Balaban J connectivity index is 2.13. The predicted molar refractivity (Wildman–Crippen MR) is 66.1 cm³/mol. The van der Waals surface area contributed by atoms with E-state index in [1.807, 2.05) is 0 Å². The maximum atomic E-state index is 11.3. The Bertz CT molecular complexity index is 321. The van der Waals surface area contributed by atoms with E-state index in [2.05, 4.69) is 27.7 Å². The largest absolute Gasteiger partial charge is 0.389 e. The minimum Gasteiger partial charge on any atom is -0.389 e. The van der Waals surface area contributed by atoms with Crippen molar-refractivity contribution in [3.8, 4) is 0 Å². The normalized spacial score (nSPS) is 58.7. The lowest BCUT2D eigenvalue weighted by atomic mass is 9.35. The monoisotopic (exact) mass is 222 g/mol. The van der Waals surface area contributed by atoms with Crippen LogP contribution in [0.2, 0.25) is 0 Å². The molecular weight excluding hydrogens is 196 g/mol. The summed E-state index contributed by atoms with van der Waals surface area (Å²) in [6.45, 7) is 9.43. The molecule has 16 heavy (non-hydrogen) atoms. The second-order valence-corrected chi connectivity index (χ2v) is 7.59. The fraction of sp³-hybridized carbons (Fsp3) is 1.00. The van der Waals surface area contributed by atoms with Gasteiger partial charge in [0.25, 0.3) is 0 Å². The topological polar surface area (TPSA) is 20.2 Å². The molecule has 2 unspecified atom stereocenters. The van der Waals surface area contributed by atoms with E-state index in [0.717, 1.165) is 24.2 Å². The zero-order valence-corrected chi connectivity index (χ0v) is 11.2. The average Bonchev–Trinajstić information content (AvgIpc) is 2.22. The van der Waals surface area contributed by atoms with E-state index < -0.39 is 5.60 Å². The standard InChI is InChI=1S/C15H26O/c1-10-5-8-15(16)13(2,3)11-6-7-14(15,4)12(10)9-11/h10-12,16H,5-9H2,1-4H3/t10-,11+,12?,14?,15-/m1/s1. The van der Waals surface area contributed by atoms with Gasteiger partial charge in [-0.05, 0) is 60.7 Å². The van der Waals surface area contributed by atoms with Gasteiger partial charge in [0.15, 0.2) is 0 Å². The predicted octanol–water partition coefficient (Wildman–Crippen LogP) is 3.61. The third kappa shape index (κ3) is 0.939. The van der Waals surface area contributed by atoms with Gasteiger partial charge in [-0.1, -0.05) is 27.7 Å². The molecule has 1 N–H and O–H groups in total. The molecule has 4 bridgehead atoms. The van der Waals surface area contributed by atoms with Crippen LogP contribution in [0.4, 0.5) is 0 Å². The molecular formula is C15H26O. The highest BCUT2D eigenvalue weighted by Crippen LogP contribution is 2.71. The first-order valence-electron chi connectivity index (χ1n) is 7.05. The molecule has 0 amide bonds. The molecule has 0 aromatic carbocycles. The summed E-state index contributed by atoms with van der Waals surface area (Å²) < 4.78 is 0. The van der Waals surface area contributed by atoms with Crippen LogP contribution in [0.1, 0.15) is 59.8 Å². The first-order chi connectivity index (χ1) is 7.33. The maximum absolute atomic E-state index is 11.3. The summed E-state index contributed by atoms with van der Waals surface area (Å²) in [5, 5.41) is 11.3. The van der Waals surface area contributed by atoms with Crippen molar-refractivity contribution in [2.24, 2.45) is 28.6 Å². The quantitative estimate of drug-likeness (QED) is 0.664. The lowest BCUT2D eigenvalue weighted by Gasteiger charge is -2.71. The van der Waals surface area contributed by atoms with Crippen LogP contribution in [0.5, 0.6) is 0 Å². The Hall–Kier alpha value is -0.0400. The smallest absolute Gasteiger partial charge is 0.0757 e. The van der Waals surface area contributed by atoms with Crippen molar-refractivity contribution in [2.45, 2.75) is 65.4 Å². The van der Waals surface area contributed by atoms with Gasteiger partial charge in [-0.15, -0.1) is 0 Å². The Morgan fingerprint density at radius 2 is 1.75 bits per heavy atom. The molecule has 5 atom stereocenters. The lowest BCUT2D eigenvalue weighted by molar-refractivity contribution is -0.291. The molecule has 1 nitrogen and oxygen atoms in total. The summed E-state index contributed by atoms with van der Waals surface area (Å²) >= 11 is 0. The zero-order valence-electron chi connectivity index (χ0n) is 11.2. The van der Waals surface area contributed by atoms with E-state index in [9.17, 15) is 5.11 Å². The highest BCUT2D eigenvalue weighted by Gasteiger charge is 2.69. The zero-order chi connectivity index (χ0) is 11.8. The third-order valence-corrected chi connectivity index (χ3v) is 7.05. The molecule has 0 heterocycles. The van der Waals surface area contributed by atoms with Crippen LogP contribution in [0.25, 0.3) is 0 Å². The van der Waals surface area contributed by atoms with Crippen molar-refractivity contribution in [3.05, 3.63) is 0 Å². The van der Waals surface area contributed by atoms with Crippen molar-refractivity contribution < 1.29 is 5.11 Å². The maximum Gasteiger partial charge on any atom is 0.0757 e. The summed E-state index contributed by atoms with van der Waals surface area (Å²) in [7, 11) is 0. The molecule has 0 saturated heterocycles. The molecule has 0 aliphatic heterocycles. The molecule has 0 aromatic heterocycles. The molecule has 0 spiro atoms. The SMILES string of the molecule is C[C@@H]1CC[C@]2(O)C3(C)CC[C@@H](CC13)C2(C)C. The number of hydrogen-bond acceptors (Lipinski definition) is 1. The Morgan fingerprint density at radius 1 is 1.06 bits per heavy atom. The highest BCUT2D eigenvalue weighted by atomic mass is 16.3. The summed E-state index contributed by atoms with van der Waals surface area (Å²) in [4.78, 5) is 0. The molecule has 1 heteroatoms.